The van der Waals surface area contributed by atoms with E-state index in [2.05, 4.69) is 322 Å². The van der Waals surface area contributed by atoms with Crippen molar-refractivity contribution in [3.05, 3.63) is 345 Å². The number of aromatic nitrogens is 3. The second-order valence-electron chi connectivity index (χ2n) is 24.9. The molecule has 3 aromatic heterocycles. The first kappa shape index (κ1) is 55.9. The van der Waals surface area contributed by atoms with Gasteiger partial charge in [0.05, 0.1) is 45.1 Å². The molecule has 96 heavy (non-hydrogen) atoms. The quantitative estimate of drug-likeness (QED) is 0.118. The van der Waals surface area contributed by atoms with E-state index < -0.39 is 0 Å². The van der Waals surface area contributed by atoms with E-state index in [1.807, 2.05) is 24.3 Å². The van der Waals surface area contributed by atoms with Crippen molar-refractivity contribution in [1.82, 2.24) is 15.0 Å². The Bertz CT molecular complexity index is 6350. The monoisotopic (exact) mass is 1220 g/mol. The Balaban J connectivity index is 0.000000145. The van der Waals surface area contributed by atoms with Gasteiger partial charge in [0.1, 0.15) is 0 Å². The highest BCUT2D eigenvalue weighted by Gasteiger charge is 2.20. The summed E-state index contributed by atoms with van der Waals surface area (Å²) in [6, 6.07) is 123. The highest BCUT2D eigenvalue weighted by Crippen LogP contribution is 2.45. The molecule has 0 atom stereocenters. The van der Waals surface area contributed by atoms with E-state index in [4.69, 9.17) is 15.0 Å². The number of hydrogen-bond donors (Lipinski definition) is 0. The molecule has 0 fully saturated rings. The summed E-state index contributed by atoms with van der Waals surface area (Å²) in [5.74, 6) is 0. The predicted octanol–water partition coefficient (Wildman–Crippen LogP) is 24.6. The maximum atomic E-state index is 9.35. The Morgan fingerprint density at radius 2 is 0.500 bits per heavy atom. The van der Waals surface area contributed by atoms with Gasteiger partial charge in [-0.1, -0.05) is 267 Å². The maximum absolute atomic E-state index is 9.35. The lowest BCUT2D eigenvalue weighted by Gasteiger charge is -2.17. The summed E-state index contributed by atoms with van der Waals surface area (Å²) in [5.41, 5.74) is 20.3. The molecule has 0 radical (unpaired) electrons. The molecule has 19 aromatic rings. The summed E-state index contributed by atoms with van der Waals surface area (Å²) in [7, 11) is 0. The summed E-state index contributed by atoms with van der Waals surface area (Å²) in [4.78, 5) is 15.7. The topological polar surface area (TPSA) is 62.5 Å². The van der Waals surface area contributed by atoms with Crippen molar-refractivity contribution in [1.29, 1.82) is 5.26 Å². The Labute approximate surface area is 554 Å². The lowest BCUT2D eigenvalue weighted by Crippen LogP contribution is -1.94. The number of nitriles is 1. The number of benzene rings is 16. The number of rotatable bonds is 7. The van der Waals surface area contributed by atoms with Gasteiger partial charge >= 0.3 is 0 Å². The molecule has 19 rings (SSSR count). The first-order valence-electron chi connectivity index (χ1n) is 32.6. The summed E-state index contributed by atoms with van der Waals surface area (Å²) in [5, 5.41) is 28.4. The van der Waals surface area contributed by atoms with Crippen molar-refractivity contribution in [3.63, 3.8) is 0 Å². The van der Waals surface area contributed by atoms with Crippen LogP contribution in [0.2, 0.25) is 0 Å². The molecule has 0 aliphatic heterocycles. The SMILES string of the molecule is N#Cc1ccc(-c2cc(-c3ccc4ccccc4c3)c3cc(-c4ccc5ccccc5c4)c4ccccc4c3n2)cc1.c1ccc2cc(-c3cc4c(-c5ccc6ccccc6c5)cc(-c5ccc(-c6c7ccccc7nc7ccccc67)cc5)nc4c4ccccc34)ccc2c1. The molecule has 0 unspecified atom stereocenters. The summed E-state index contributed by atoms with van der Waals surface area (Å²) in [6.45, 7) is 0. The minimum absolute atomic E-state index is 0.639. The maximum Gasteiger partial charge on any atom is 0.0991 e. The molecule has 4 nitrogen and oxygen atoms in total. The number of fused-ring (bicyclic) bond motifs is 12. The van der Waals surface area contributed by atoms with Gasteiger partial charge in [0.25, 0.3) is 0 Å². The van der Waals surface area contributed by atoms with Gasteiger partial charge in [-0.15, -0.1) is 0 Å². The fraction of sp³-hybridized carbons (Fsp3) is 0. The zero-order chi connectivity index (χ0) is 63.6. The van der Waals surface area contributed by atoms with Gasteiger partial charge in [-0.05, 0) is 177 Å². The van der Waals surface area contributed by atoms with Crippen LogP contribution in [0.15, 0.2) is 340 Å². The van der Waals surface area contributed by atoms with Gasteiger partial charge in [0, 0.05) is 49.0 Å². The van der Waals surface area contributed by atoms with Crippen LogP contribution in [0.5, 0.6) is 0 Å². The molecular formula is C92H56N4. The molecule has 0 spiro atoms. The first-order valence-corrected chi connectivity index (χ1v) is 32.6. The van der Waals surface area contributed by atoms with E-state index in [1.54, 1.807) is 0 Å². The summed E-state index contributed by atoms with van der Waals surface area (Å²) < 4.78 is 0. The van der Waals surface area contributed by atoms with E-state index in [1.165, 1.54) is 92.8 Å². The molecule has 0 amide bonds. The van der Waals surface area contributed by atoms with Crippen molar-refractivity contribution in [3.8, 4) is 84.2 Å². The molecule has 0 aliphatic carbocycles. The van der Waals surface area contributed by atoms with Crippen LogP contribution in [0.3, 0.4) is 0 Å². The van der Waals surface area contributed by atoms with Crippen LogP contribution in [0.1, 0.15) is 5.56 Å². The molecule has 0 saturated carbocycles. The van der Waals surface area contributed by atoms with Gasteiger partial charge in [-0.2, -0.15) is 5.26 Å². The first-order chi connectivity index (χ1) is 47.5. The van der Waals surface area contributed by atoms with Crippen LogP contribution in [0, 0.1) is 11.3 Å². The Kier molecular flexibility index (Phi) is 13.6. The van der Waals surface area contributed by atoms with Gasteiger partial charge in [-0.3, -0.25) is 0 Å². The third-order valence-electron chi connectivity index (χ3n) is 19.2. The van der Waals surface area contributed by atoms with Crippen LogP contribution in [0.4, 0.5) is 0 Å². The standard InChI is InChI=1S/C52H32N2.C40H24N2/c1-3-13-37-29-39(27-21-33(37)11-1)45-31-47-46(40-28-22-34-12-2-4-14-38(34)30-40)32-50(54-52(47)42-16-6-5-15-41(42)45)35-23-25-36(26-24-35)51-43-17-7-9-19-48(43)53-49-20-10-8-18-44(49)51;41-25-26-13-15-29(16-14-26)39-24-37(33-20-18-28-8-2-4-10-31(28)22-33)38-23-36(34-11-5-6-12-35(34)40(38)42-39)32-19-17-27-7-1-3-9-30(27)21-32/h1-32H;1-24H. The van der Waals surface area contributed by atoms with Crippen molar-refractivity contribution in [2.45, 2.75) is 0 Å². The number of nitrogens with zero attached hydrogens (tertiary/aromatic N) is 4. The second kappa shape index (κ2) is 23.3. The minimum atomic E-state index is 0.639. The predicted molar refractivity (Wildman–Crippen MR) is 404 cm³/mol. The highest BCUT2D eigenvalue weighted by molar-refractivity contribution is 6.19. The Hall–Kier alpha value is -12.9. The van der Waals surface area contributed by atoms with Crippen LogP contribution in [0.25, 0.3) is 186 Å². The molecule has 0 aliphatic rings. The highest BCUT2D eigenvalue weighted by atomic mass is 14.7. The normalized spacial score (nSPS) is 11.5. The molecule has 3 heterocycles. The second-order valence-corrected chi connectivity index (χ2v) is 24.9. The van der Waals surface area contributed by atoms with Crippen molar-refractivity contribution >= 4 is 108 Å². The fourth-order valence-corrected chi connectivity index (χ4v) is 14.5. The largest absolute Gasteiger partial charge is 0.248 e. The molecule has 0 saturated heterocycles. The van der Waals surface area contributed by atoms with Crippen LogP contribution < -0.4 is 0 Å². The van der Waals surface area contributed by atoms with E-state index in [0.29, 0.717) is 5.56 Å². The Morgan fingerprint density at radius 1 is 0.208 bits per heavy atom. The summed E-state index contributed by atoms with van der Waals surface area (Å²) in [6.07, 6.45) is 0. The number of pyridine rings is 3. The van der Waals surface area contributed by atoms with Gasteiger partial charge in [0.15, 0.2) is 0 Å². The molecular weight excluding hydrogens is 1160 g/mol. The average molecular weight is 1220 g/mol. The molecule has 0 bridgehead atoms. The third-order valence-corrected chi connectivity index (χ3v) is 19.2. The van der Waals surface area contributed by atoms with E-state index in [0.717, 1.165) is 93.6 Å². The minimum Gasteiger partial charge on any atom is -0.248 e. The van der Waals surface area contributed by atoms with Crippen molar-refractivity contribution < 1.29 is 0 Å². The van der Waals surface area contributed by atoms with Gasteiger partial charge < -0.3 is 0 Å². The zero-order valence-electron chi connectivity index (χ0n) is 52.1. The lowest BCUT2D eigenvalue weighted by molar-refractivity contribution is 1.40. The molecule has 16 aromatic carbocycles. The number of para-hydroxylation sites is 2. The van der Waals surface area contributed by atoms with E-state index >= 15 is 0 Å². The smallest absolute Gasteiger partial charge is 0.0991 e. The average Bonchev–Trinajstić information content (AvgIpc) is 0.755. The van der Waals surface area contributed by atoms with Gasteiger partial charge in [-0.25, -0.2) is 15.0 Å². The molecule has 0 N–H and O–H groups in total. The van der Waals surface area contributed by atoms with Gasteiger partial charge in [0.2, 0.25) is 0 Å². The fourth-order valence-electron chi connectivity index (χ4n) is 14.5. The van der Waals surface area contributed by atoms with E-state index in [9.17, 15) is 5.26 Å². The molecule has 444 valence electrons. The summed E-state index contributed by atoms with van der Waals surface area (Å²) >= 11 is 0. The molecule has 4 heteroatoms. The Morgan fingerprint density at radius 3 is 0.875 bits per heavy atom. The van der Waals surface area contributed by atoms with E-state index in [-0.39, 0.29) is 0 Å². The van der Waals surface area contributed by atoms with Crippen molar-refractivity contribution in [2.24, 2.45) is 0 Å². The lowest BCUT2D eigenvalue weighted by atomic mass is 9.89. The number of hydrogen-bond acceptors (Lipinski definition) is 4. The third kappa shape index (κ3) is 9.90. The van der Waals surface area contributed by atoms with Crippen molar-refractivity contribution in [2.75, 3.05) is 0 Å². The van der Waals surface area contributed by atoms with Crippen LogP contribution >= 0.6 is 0 Å². The van der Waals surface area contributed by atoms with Crippen LogP contribution in [-0.4, -0.2) is 15.0 Å². The zero-order valence-corrected chi connectivity index (χ0v) is 52.1. The van der Waals surface area contributed by atoms with Crippen LogP contribution in [-0.2, 0) is 0 Å².